The molecule has 60 valence electrons. The molecule has 3 nitrogen and oxygen atoms in total. The standard InChI is InChI=1S/C5H8F2O3/c1-5(6,7)4(9)10-3-2-8/h8H,2-3H2,1H3. The lowest BCUT2D eigenvalue weighted by Crippen LogP contribution is -2.27. The van der Waals surface area contributed by atoms with E-state index in [0.29, 0.717) is 6.92 Å². The zero-order valence-electron chi connectivity index (χ0n) is 5.43. The Morgan fingerprint density at radius 2 is 2.20 bits per heavy atom. The van der Waals surface area contributed by atoms with Gasteiger partial charge in [-0.3, -0.25) is 0 Å². The van der Waals surface area contributed by atoms with Gasteiger partial charge in [0.2, 0.25) is 0 Å². The van der Waals surface area contributed by atoms with Crippen LogP contribution in [0.5, 0.6) is 0 Å². The van der Waals surface area contributed by atoms with Crippen LogP contribution in [0.25, 0.3) is 0 Å². The SMILES string of the molecule is CC(F)(F)C(=O)OCCO. The van der Waals surface area contributed by atoms with Crippen LogP contribution in [0.2, 0.25) is 0 Å². The predicted octanol–water partition coefficient (Wildman–Crippen LogP) is 0.177. The molecule has 10 heavy (non-hydrogen) atoms. The minimum atomic E-state index is -3.46. The molecule has 0 fully saturated rings. The molecule has 5 heteroatoms. The van der Waals surface area contributed by atoms with E-state index in [4.69, 9.17) is 5.11 Å². The van der Waals surface area contributed by atoms with E-state index < -0.39 is 18.5 Å². The quantitative estimate of drug-likeness (QED) is 0.589. The molecule has 1 N–H and O–H groups in total. The van der Waals surface area contributed by atoms with E-state index in [1.165, 1.54) is 0 Å². The number of ether oxygens (including phenoxy) is 1. The number of hydrogen-bond acceptors (Lipinski definition) is 3. The molecule has 0 aliphatic rings. The van der Waals surface area contributed by atoms with Gasteiger partial charge >= 0.3 is 11.9 Å². The van der Waals surface area contributed by atoms with Gasteiger partial charge in [-0.2, -0.15) is 8.78 Å². The molecule has 0 atom stereocenters. The molecule has 0 saturated carbocycles. The number of esters is 1. The second-order valence-electron chi connectivity index (χ2n) is 1.75. The highest BCUT2D eigenvalue weighted by Crippen LogP contribution is 2.12. The van der Waals surface area contributed by atoms with E-state index in [9.17, 15) is 13.6 Å². The third-order valence-electron chi connectivity index (χ3n) is 0.683. The lowest BCUT2D eigenvalue weighted by molar-refractivity contribution is -0.170. The summed E-state index contributed by atoms with van der Waals surface area (Å²) in [6.07, 6.45) is 0. The average molecular weight is 154 g/mol. The Kier molecular flexibility index (Phi) is 3.21. The summed E-state index contributed by atoms with van der Waals surface area (Å²) in [6.45, 7) is -0.392. The first kappa shape index (κ1) is 9.29. The van der Waals surface area contributed by atoms with Crippen LogP contribution in [0.1, 0.15) is 6.92 Å². The molecule has 0 amide bonds. The van der Waals surface area contributed by atoms with Crippen molar-refractivity contribution in [3.05, 3.63) is 0 Å². The van der Waals surface area contributed by atoms with Crippen molar-refractivity contribution in [1.29, 1.82) is 0 Å². The summed E-state index contributed by atoms with van der Waals surface area (Å²) in [5.41, 5.74) is 0. The fraction of sp³-hybridized carbons (Fsp3) is 0.800. The molecular formula is C5H8F2O3. The van der Waals surface area contributed by atoms with Crippen molar-refractivity contribution in [1.82, 2.24) is 0 Å². The lowest BCUT2D eigenvalue weighted by Gasteiger charge is -2.07. The third kappa shape index (κ3) is 3.34. The number of aliphatic hydroxyl groups is 1. The largest absolute Gasteiger partial charge is 0.459 e. The fourth-order valence-corrected chi connectivity index (χ4v) is 0.265. The number of rotatable bonds is 3. The van der Waals surface area contributed by atoms with Gasteiger partial charge < -0.3 is 9.84 Å². The van der Waals surface area contributed by atoms with Gasteiger partial charge in [-0.1, -0.05) is 0 Å². The highest BCUT2D eigenvalue weighted by atomic mass is 19.3. The van der Waals surface area contributed by atoms with Gasteiger partial charge in [0, 0.05) is 6.92 Å². The Bertz CT molecular complexity index is 119. The smallest absolute Gasteiger partial charge is 0.376 e. The van der Waals surface area contributed by atoms with Crippen molar-refractivity contribution >= 4 is 5.97 Å². The van der Waals surface area contributed by atoms with E-state index in [1.54, 1.807) is 0 Å². The minimum absolute atomic E-state index is 0.387. The predicted molar refractivity (Wildman–Crippen MR) is 28.7 cm³/mol. The molecule has 0 bridgehead atoms. The van der Waals surface area contributed by atoms with Crippen LogP contribution in [0, 0.1) is 0 Å². The van der Waals surface area contributed by atoms with Crippen LogP contribution in [0.3, 0.4) is 0 Å². The highest BCUT2D eigenvalue weighted by Gasteiger charge is 2.33. The maximum Gasteiger partial charge on any atom is 0.376 e. The van der Waals surface area contributed by atoms with Crippen LogP contribution >= 0.6 is 0 Å². The molecular weight excluding hydrogens is 146 g/mol. The molecule has 0 unspecified atom stereocenters. The number of carbonyl (C=O) groups is 1. The number of hydrogen-bond donors (Lipinski definition) is 1. The number of alkyl halides is 2. The third-order valence-corrected chi connectivity index (χ3v) is 0.683. The van der Waals surface area contributed by atoms with Gasteiger partial charge in [0.25, 0.3) is 0 Å². The normalized spacial score (nSPS) is 11.2. The summed E-state index contributed by atoms with van der Waals surface area (Å²) in [5, 5.41) is 8.06. The summed E-state index contributed by atoms with van der Waals surface area (Å²) in [4.78, 5) is 10.1. The Balaban J connectivity index is 3.64. The van der Waals surface area contributed by atoms with Crippen LogP contribution in [0.15, 0.2) is 0 Å². The van der Waals surface area contributed by atoms with Crippen molar-refractivity contribution in [3.8, 4) is 0 Å². The van der Waals surface area contributed by atoms with Gasteiger partial charge in [0.1, 0.15) is 6.61 Å². The van der Waals surface area contributed by atoms with E-state index >= 15 is 0 Å². The van der Waals surface area contributed by atoms with Crippen molar-refractivity contribution in [2.45, 2.75) is 12.8 Å². The van der Waals surface area contributed by atoms with E-state index in [0.717, 1.165) is 0 Å². The second-order valence-corrected chi connectivity index (χ2v) is 1.75. The monoisotopic (exact) mass is 154 g/mol. The topological polar surface area (TPSA) is 46.5 Å². The molecule has 0 aliphatic heterocycles. The zero-order valence-corrected chi connectivity index (χ0v) is 5.43. The number of halogens is 2. The molecule has 0 saturated heterocycles. The van der Waals surface area contributed by atoms with Crippen molar-refractivity contribution in [2.75, 3.05) is 13.2 Å². The van der Waals surface area contributed by atoms with Crippen LogP contribution in [0.4, 0.5) is 8.78 Å². The minimum Gasteiger partial charge on any atom is -0.459 e. The van der Waals surface area contributed by atoms with Gasteiger partial charge in [0.15, 0.2) is 0 Å². The van der Waals surface area contributed by atoms with E-state index in [2.05, 4.69) is 4.74 Å². The summed E-state index contributed by atoms with van der Waals surface area (Å²) < 4.78 is 27.7. The van der Waals surface area contributed by atoms with Gasteiger partial charge in [-0.15, -0.1) is 0 Å². The summed E-state index contributed by atoms with van der Waals surface area (Å²) >= 11 is 0. The van der Waals surface area contributed by atoms with Crippen molar-refractivity contribution in [2.24, 2.45) is 0 Å². The van der Waals surface area contributed by atoms with Crippen LogP contribution in [-0.4, -0.2) is 30.2 Å². The highest BCUT2D eigenvalue weighted by molar-refractivity contribution is 5.76. The first-order valence-corrected chi connectivity index (χ1v) is 2.64. The Morgan fingerprint density at radius 1 is 1.70 bits per heavy atom. The molecule has 0 spiro atoms. The molecule has 0 heterocycles. The first-order chi connectivity index (χ1) is 4.48. The molecule has 0 aromatic carbocycles. The second kappa shape index (κ2) is 3.46. The summed E-state index contributed by atoms with van der Waals surface area (Å²) in [5.74, 6) is -5.07. The maximum absolute atomic E-state index is 11.9. The Hall–Kier alpha value is -0.710. The van der Waals surface area contributed by atoms with Crippen LogP contribution in [-0.2, 0) is 9.53 Å². The molecule has 0 rings (SSSR count). The van der Waals surface area contributed by atoms with Crippen molar-refractivity contribution < 1.29 is 23.4 Å². The number of aliphatic hydroxyl groups excluding tert-OH is 1. The lowest BCUT2D eigenvalue weighted by atomic mass is 10.4. The van der Waals surface area contributed by atoms with Crippen LogP contribution < -0.4 is 0 Å². The molecule has 0 aromatic heterocycles. The zero-order chi connectivity index (χ0) is 8.20. The maximum atomic E-state index is 11.9. The van der Waals surface area contributed by atoms with Crippen molar-refractivity contribution in [3.63, 3.8) is 0 Å². The molecule has 0 aromatic rings. The van der Waals surface area contributed by atoms with Gasteiger partial charge in [0.05, 0.1) is 6.61 Å². The molecule has 0 aliphatic carbocycles. The fourth-order valence-electron chi connectivity index (χ4n) is 0.265. The van der Waals surface area contributed by atoms with Gasteiger partial charge in [-0.05, 0) is 0 Å². The van der Waals surface area contributed by atoms with Gasteiger partial charge in [-0.25, -0.2) is 4.79 Å². The average Bonchev–Trinajstić information content (AvgIpc) is 1.80. The Labute approximate surface area is 56.6 Å². The number of carbonyl (C=O) groups excluding carboxylic acids is 1. The molecule has 0 radical (unpaired) electrons. The summed E-state index contributed by atoms with van der Waals surface area (Å²) in [6, 6.07) is 0. The van der Waals surface area contributed by atoms with E-state index in [1.807, 2.05) is 0 Å². The summed E-state index contributed by atoms with van der Waals surface area (Å²) in [7, 11) is 0. The van der Waals surface area contributed by atoms with E-state index in [-0.39, 0.29) is 6.61 Å². The first-order valence-electron chi connectivity index (χ1n) is 2.64. The Morgan fingerprint density at radius 3 is 2.50 bits per heavy atom.